The molecular formula is C14H21NO. The molecule has 1 aliphatic rings. The van der Waals surface area contributed by atoms with Crippen LogP contribution >= 0.6 is 0 Å². The molecule has 2 heteroatoms. The van der Waals surface area contributed by atoms with Gasteiger partial charge >= 0.3 is 0 Å². The van der Waals surface area contributed by atoms with Crippen molar-refractivity contribution in [1.82, 2.24) is 5.32 Å². The van der Waals surface area contributed by atoms with E-state index in [9.17, 15) is 5.11 Å². The molecule has 2 nitrogen and oxygen atoms in total. The number of aliphatic hydroxyl groups is 1. The second-order valence-corrected chi connectivity index (χ2v) is 4.90. The molecule has 0 aliphatic heterocycles. The van der Waals surface area contributed by atoms with Crippen LogP contribution in [0.1, 0.15) is 36.0 Å². The van der Waals surface area contributed by atoms with Gasteiger partial charge in [-0.15, -0.1) is 0 Å². The molecule has 1 aromatic carbocycles. The van der Waals surface area contributed by atoms with Gasteiger partial charge in [0, 0.05) is 0 Å². The predicted molar refractivity (Wildman–Crippen MR) is 66.6 cm³/mol. The van der Waals surface area contributed by atoms with Gasteiger partial charge in [0.05, 0.1) is 5.60 Å². The Morgan fingerprint density at radius 2 is 2.25 bits per heavy atom. The van der Waals surface area contributed by atoms with Gasteiger partial charge in [-0.05, 0) is 57.3 Å². The standard InChI is InChI=1S/C14H21NO/c1-11-5-6-13-12(10-11)4-3-7-14(13,16)8-9-15-2/h5-6,10,15-16H,3-4,7-9H2,1-2H3. The van der Waals surface area contributed by atoms with Crippen LogP contribution in [0.3, 0.4) is 0 Å². The maximum absolute atomic E-state index is 10.7. The summed E-state index contributed by atoms with van der Waals surface area (Å²) in [6.07, 6.45) is 3.90. The van der Waals surface area contributed by atoms with Crippen LogP contribution in [-0.2, 0) is 12.0 Å². The first kappa shape index (κ1) is 11.6. The molecule has 0 amide bonds. The van der Waals surface area contributed by atoms with Gasteiger partial charge in [0.2, 0.25) is 0 Å². The van der Waals surface area contributed by atoms with E-state index < -0.39 is 5.60 Å². The normalized spacial score (nSPS) is 24.2. The molecule has 1 atom stereocenters. The van der Waals surface area contributed by atoms with Crippen LogP contribution in [0.15, 0.2) is 18.2 Å². The van der Waals surface area contributed by atoms with Crippen molar-refractivity contribution in [1.29, 1.82) is 0 Å². The highest BCUT2D eigenvalue weighted by Crippen LogP contribution is 2.37. The second-order valence-electron chi connectivity index (χ2n) is 4.90. The van der Waals surface area contributed by atoms with E-state index in [0.717, 1.165) is 37.8 Å². The molecule has 88 valence electrons. The van der Waals surface area contributed by atoms with Crippen molar-refractivity contribution >= 4 is 0 Å². The van der Waals surface area contributed by atoms with Crippen molar-refractivity contribution in [2.24, 2.45) is 0 Å². The van der Waals surface area contributed by atoms with E-state index in [0.29, 0.717) is 0 Å². The van der Waals surface area contributed by atoms with Crippen LogP contribution in [-0.4, -0.2) is 18.7 Å². The molecule has 0 spiro atoms. The minimum absolute atomic E-state index is 0.607. The van der Waals surface area contributed by atoms with Gasteiger partial charge in [-0.2, -0.15) is 0 Å². The lowest BCUT2D eigenvalue weighted by atomic mass is 9.77. The lowest BCUT2D eigenvalue weighted by Gasteiger charge is -2.35. The molecule has 16 heavy (non-hydrogen) atoms. The predicted octanol–water partition coefficient (Wildman–Crippen LogP) is 2.13. The number of benzene rings is 1. The van der Waals surface area contributed by atoms with Crippen LogP contribution in [0, 0.1) is 6.92 Å². The van der Waals surface area contributed by atoms with Crippen LogP contribution in [0.25, 0.3) is 0 Å². The molecular weight excluding hydrogens is 198 g/mol. The highest BCUT2D eigenvalue weighted by atomic mass is 16.3. The fourth-order valence-corrected chi connectivity index (χ4v) is 2.68. The largest absolute Gasteiger partial charge is 0.385 e. The Labute approximate surface area is 97.7 Å². The van der Waals surface area contributed by atoms with Crippen molar-refractivity contribution in [2.75, 3.05) is 13.6 Å². The van der Waals surface area contributed by atoms with E-state index in [1.54, 1.807) is 0 Å². The van der Waals surface area contributed by atoms with Crippen molar-refractivity contribution in [3.63, 3.8) is 0 Å². The first-order valence-electron chi connectivity index (χ1n) is 6.13. The number of hydrogen-bond donors (Lipinski definition) is 2. The fraction of sp³-hybridized carbons (Fsp3) is 0.571. The number of rotatable bonds is 3. The SMILES string of the molecule is CNCCC1(O)CCCc2cc(C)ccc21. The Balaban J connectivity index is 2.31. The Morgan fingerprint density at radius 1 is 1.44 bits per heavy atom. The third-order valence-electron chi connectivity index (χ3n) is 3.59. The van der Waals surface area contributed by atoms with Gasteiger partial charge in [-0.25, -0.2) is 0 Å². The average Bonchev–Trinajstić information content (AvgIpc) is 2.26. The fourth-order valence-electron chi connectivity index (χ4n) is 2.68. The molecule has 1 unspecified atom stereocenters. The molecule has 0 bridgehead atoms. The van der Waals surface area contributed by atoms with Gasteiger partial charge in [0.15, 0.2) is 0 Å². The lowest BCUT2D eigenvalue weighted by Crippen LogP contribution is -2.33. The summed E-state index contributed by atoms with van der Waals surface area (Å²) in [6, 6.07) is 6.44. The van der Waals surface area contributed by atoms with Gasteiger partial charge in [0.25, 0.3) is 0 Å². The zero-order valence-corrected chi connectivity index (χ0v) is 10.2. The van der Waals surface area contributed by atoms with Crippen molar-refractivity contribution < 1.29 is 5.11 Å². The Bertz CT molecular complexity index is 375. The minimum atomic E-state index is -0.607. The molecule has 0 saturated heterocycles. The summed E-state index contributed by atoms with van der Waals surface area (Å²) in [5.41, 5.74) is 3.17. The number of aryl methyl sites for hydroxylation is 2. The van der Waals surface area contributed by atoms with Gasteiger partial charge in [0.1, 0.15) is 0 Å². The van der Waals surface area contributed by atoms with E-state index in [1.165, 1.54) is 11.1 Å². The van der Waals surface area contributed by atoms with Crippen molar-refractivity contribution in [2.45, 2.75) is 38.2 Å². The topological polar surface area (TPSA) is 32.3 Å². The first-order valence-corrected chi connectivity index (χ1v) is 6.13. The Morgan fingerprint density at radius 3 is 3.00 bits per heavy atom. The molecule has 2 rings (SSSR count). The average molecular weight is 219 g/mol. The van der Waals surface area contributed by atoms with E-state index in [4.69, 9.17) is 0 Å². The molecule has 0 aromatic heterocycles. The summed E-state index contributed by atoms with van der Waals surface area (Å²) in [7, 11) is 1.93. The maximum atomic E-state index is 10.7. The maximum Gasteiger partial charge on any atom is 0.0911 e. The summed E-state index contributed by atoms with van der Waals surface area (Å²) in [4.78, 5) is 0. The van der Waals surface area contributed by atoms with Crippen LogP contribution in [0.2, 0.25) is 0 Å². The lowest BCUT2D eigenvalue weighted by molar-refractivity contribution is 0.0109. The van der Waals surface area contributed by atoms with Crippen LogP contribution in [0.4, 0.5) is 0 Å². The summed E-state index contributed by atoms with van der Waals surface area (Å²) in [5, 5.41) is 13.8. The first-order chi connectivity index (χ1) is 7.65. The molecule has 0 saturated carbocycles. The molecule has 1 aliphatic carbocycles. The van der Waals surface area contributed by atoms with E-state index in [2.05, 4.69) is 30.4 Å². The molecule has 0 heterocycles. The van der Waals surface area contributed by atoms with Crippen LogP contribution < -0.4 is 5.32 Å². The third kappa shape index (κ3) is 2.13. The summed E-state index contributed by atoms with van der Waals surface area (Å²) in [5.74, 6) is 0. The zero-order valence-electron chi connectivity index (χ0n) is 10.2. The molecule has 1 aromatic rings. The Hall–Kier alpha value is -0.860. The zero-order chi connectivity index (χ0) is 11.6. The third-order valence-corrected chi connectivity index (χ3v) is 3.59. The summed E-state index contributed by atoms with van der Waals surface area (Å²) in [6.45, 7) is 2.98. The summed E-state index contributed by atoms with van der Waals surface area (Å²) >= 11 is 0. The van der Waals surface area contributed by atoms with E-state index in [1.807, 2.05) is 7.05 Å². The second kappa shape index (κ2) is 4.56. The molecule has 0 fully saturated rings. The van der Waals surface area contributed by atoms with Gasteiger partial charge in [-0.1, -0.05) is 23.8 Å². The molecule has 2 N–H and O–H groups in total. The quantitative estimate of drug-likeness (QED) is 0.816. The van der Waals surface area contributed by atoms with Crippen molar-refractivity contribution in [3.8, 4) is 0 Å². The Kier molecular flexibility index (Phi) is 3.31. The smallest absolute Gasteiger partial charge is 0.0911 e. The molecule has 0 radical (unpaired) electrons. The minimum Gasteiger partial charge on any atom is -0.385 e. The van der Waals surface area contributed by atoms with Gasteiger partial charge < -0.3 is 10.4 Å². The van der Waals surface area contributed by atoms with E-state index >= 15 is 0 Å². The number of hydrogen-bond acceptors (Lipinski definition) is 2. The van der Waals surface area contributed by atoms with Crippen LogP contribution in [0.5, 0.6) is 0 Å². The monoisotopic (exact) mass is 219 g/mol. The van der Waals surface area contributed by atoms with E-state index in [-0.39, 0.29) is 0 Å². The highest BCUT2D eigenvalue weighted by Gasteiger charge is 2.33. The number of nitrogens with one attached hydrogen (secondary N) is 1. The summed E-state index contributed by atoms with van der Waals surface area (Å²) < 4.78 is 0. The van der Waals surface area contributed by atoms with Crippen molar-refractivity contribution in [3.05, 3.63) is 34.9 Å². The highest BCUT2D eigenvalue weighted by molar-refractivity contribution is 5.37. The van der Waals surface area contributed by atoms with Gasteiger partial charge in [-0.3, -0.25) is 0 Å². The number of fused-ring (bicyclic) bond motifs is 1.